The van der Waals surface area contributed by atoms with Crippen LogP contribution in [0, 0.1) is 17.0 Å². The van der Waals surface area contributed by atoms with Gasteiger partial charge in [-0.2, -0.15) is 5.10 Å². The molecule has 0 amide bonds. The van der Waals surface area contributed by atoms with Crippen molar-refractivity contribution in [3.05, 3.63) is 15.8 Å². The Morgan fingerprint density at radius 3 is 2.76 bits per heavy atom. The van der Waals surface area contributed by atoms with E-state index in [0.29, 0.717) is 11.5 Å². The van der Waals surface area contributed by atoms with Gasteiger partial charge in [-0.1, -0.05) is 0 Å². The van der Waals surface area contributed by atoms with Crippen LogP contribution in [0.3, 0.4) is 0 Å². The largest absolute Gasteiger partial charge is 0.347 e. The van der Waals surface area contributed by atoms with Gasteiger partial charge in [-0.3, -0.25) is 10.1 Å². The molecular formula is C14H25N5O2. The maximum Gasteiger partial charge on any atom is 0.333 e. The number of piperidine rings is 1. The van der Waals surface area contributed by atoms with Crippen LogP contribution >= 0.6 is 0 Å². The van der Waals surface area contributed by atoms with Crippen molar-refractivity contribution in [2.24, 2.45) is 0 Å². The van der Waals surface area contributed by atoms with Gasteiger partial charge in [0.2, 0.25) is 5.82 Å². The third kappa shape index (κ3) is 3.02. The van der Waals surface area contributed by atoms with E-state index in [1.54, 1.807) is 11.6 Å². The monoisotopic (exact) mass is 295 g/mol. The van der Waals surface area contributed by atoms with Gasteiger partial charge in [0.25, 0.3) is 0 Å². The number of likely N-dealkylation sites (N-methyl/N-ethyl adjacent to an activating group) is 1. The van der Waals surface area contributed by atoms with Crippen molar-refractivity contribution in [1.29, 1.82) is 0 Å². The highest BCUT2D eigenvalue weighted by molar-refractivity contribution is 5.62. The van der Waals surface area contributed by atoms with E-state index in [-0.39, 0.29) is 22.7 Å². The van der Waals surface area contributed by atoms with Crippen molar-refractivity contribution in [3.8, 4) is 0 Å². The van der Waals surface area contributed by atoms with Crippen molar-refractivity contribution in [3.63, 3.8) is 0 Å². The molecule has 1 aliphatic rings. The molecular weight excluding hydrogens is 270 g/mol. The van der Waals surface area contributed by atoms with Crippen LogP contribution in [0.2, 0.25) is 0 Å². The van der Waals surface area contributed by atoms with E-state index in [2.05, 4.69) is 15.3 Å². The summed E-state index contributed by atoms with van der Waals surface area (Å²) in [6.07, 6.45) is 2.16. The highest BCUT2D eigenvalue weighted by Crippen LogP contribution is 2.35. The summed E-state index contributed by atoms with van der Waals surface area (Å²) in [5.74, 6) is 0.656. The second-order valence-corrected chi connectivity index (χ2v) is 5.84. The predicted octanol–water partition coefficient (Wildman–Crippen LogP) is 2.26. The zero-order valence-electron chi connectivity index (χ0n) is 13.3. The predicted molar refractivity (Wildman–Crippen MR) is 82.9 cm³/mol. The van der Waals surface area contributed by atoms with E-state index >= 15 is 0 Å². The number of hydrogen-bond acceptors (Lipinski definition) is 5. The van der Waals surface area contributed by atoms with Crippen molar-refractivity contribution in [2.45, 2.75) is 52.6 Å². The zero-order chi connectivity index (χ0) is 15.6. The van der Waals surface area contributed by atoms with Gasteiger partial charge in [-0.05, 0) is 47.1 Å². The van der Waals surface area contributed by atoms with E-state index in [4.69, 9.17) is 0 Å². The number of hydrogen-bond donors (Lipinski definition) is 1. The van der Waals surface area contributed by atoms with Crippen LogP contribution < -0.4 is 10.2 Å². The highest BCUT2D eigenvalue weighted by Gasteiger charge is 2.33. The normalized spacial score (nSPS) is 19.0. The fourth-order valence-corrected chi connectivity index (χ4v) is 3.05. The first-order chi connectivity index (χ1) is 9.97. The summed E-state index contributed by atoms with van der Waals surface area (Å²) in [5.41, 5.74) is 0.641. The van der Waals surface area contributed by atoms with Gasteiger partial charge >= 0.3 is 5.69 Å². The average Bonchev–Trinajstić information content (AvgIpc) is 2.79. The molecule has 1 aromatic heterocycles. The van der Waals surface area contributed by atoms with Gasteiger partial charge in [0.15, 0.2) is 0 Å². The molecule has 0 aliphatic carbocycles. The molecule has 2 heterocycles. The zero-order valence-corrected chi connectivity index (χ0v) is 13.3. The van der Waals surface area contributed by atoms with Crippen LogP contribution in [0.25, 0.3) is 0 Å². The number of aryl methyl sites for hydroxylation is 1. The van der Waals surface area contributed by atoms with Gasteiger partial charge in [-0.15, -0.1) is 0 Å². The van der Waals surface area contributed by atoms with E-state index in [0.717, 1.165) is 32.5 Å². The molecule has 2 rings (SSSR count). The molecule has 0 spiro atoms. The van der Waals surface area contributed by atoms with Crippen molar-refractivity contribution >= 4 is 11.5 Å². The summed E-state index contributed by atoms with van der Waals surface area (Å²) in [5, 5.41) is 19.3. The molecule has 1 saturated heterocycles. The molecule has 1 atom stereocenters. The maximum atomic E-state index is 11.5. The molecule has 0 saturated carbocycles. The van der Waals surface area contributed by atoms with Crippen LogP contribution in [0.4, 0.5) is 11.5 Å². The van der Waals surface area contributed by atoms with Crippen LogP contribution in [-0.4, -0.2) is 40.4 Å². The molecule has 1 fully saturated rings. The quantitative estimate of drug-likeness (QED) is 0.666. The Kier molecular flexibility index (Phi) is 4.82. The molecule has 0 radical (unpaired) electrons. The number of nitrogens with one attached hydrogen (secondary N) is 1. The lowest BCUT2D eigenvalue weighted by Gasteiger charge is -2.35. The molecule has 7 nitrogen and oxygen atoms in total. The lowest BCUT2D eigenvalue weighted by molar-refractivity contribution is -0.384. The fourth-order valence-electron chi connectivity index (χ4n) is 3.05. The van der Waals surface area contributed by atoms with Crippen LogP contribution in [0.5, 0.6) is 0 Å². The molecule has 118 valence electrons. The standard InChI is InChI=1S/C14H25N5O2/c1-5-17(12-7-6-8-15-9-12)14-13(19(20)21)11(4)16-18(14)10(2)3/h10,12,15H,5-9H2,1-4H3. The van der Waals surface area contributed by atoms with E-state index < -0.39 is 0 Å². The van der Waals surface area contributed by atoms with Crippen molar-refractivity contribution in [1.82, 2.24) is 15.1 Å². The first-order valence-electron chi connectivity index (χ1n) is 7.68. The maximum absolute atomic E-state index is 11.5. The number of rotatable bonds is 5. The van der Waals surface area contributed by atoms with Crippen LogP contribution in [0.1, 0.15) is 45.3 Å². The van der Waals surface area contributed by atoms with Gasteiger partial charge in [0.05, 0.1) is 4.92 Å². The molecule has 1 aliphatic heterocycles. The molecule has 7 heteroatoms. The van der Waals surface area contributed by atoms with Gasteiger partial charge in [0, 0.05) is 25.2 Å². The Morgan fingerprint density at radius 1 is 1.57 bits per heavy atom. The number of nitrogens with zero attached hydrogens (tertiary/aromatic N) is 4. The first-order valence-corrected chi connectivity index (χ1v) is 7.68. The van der Waals surface area contributed by atoms with Crippen LogP contribution in [-0.2, 0) is 0 Å². The Morgan fingerprint density at radius 2 is 2.29 bits per heavy atom. The van der Waals surface area contributed by atoms with E-state index in [9.17, 15) is 10.1 Å². The smallest absolute Gasteiger partial charge is 0.333 e. The third-order valence-electron chi connectivity index (χ3n) is 4.03. The fraction of sp³-hybridized carbons (Fsp3) is 0.786. The summed E-state index contributed by atoms with van der Waals surface area (Å²) in [6.45, 7) is 10.4. The topological polar surface area (TPSA) is 76.2 Å². The minimum Gasteiger partial charge on any atom is -0.347 e. The third-order valence-corrected chi connectivity index (χ3v) is 4.03. The minimum atomic E-state index is -0.296. The average molecular weight is 295 g/mol. The van der Waals surface area contributed by atoms with E-state index in [1.165, 1.54) is 0 Å². The Hall–Kier alpha value is -1.63. The molecule has 1 N–H and O–H groups in total. The Balaban J connectivity index is 2.49. The molecule has 0 bridgehead atoms. The Labute approximate surface area is 125 Å². The second kappa shape index (κ2) is 6.43. The molecule has 0 aromatic carbocycles. The highest BCUT2D eigenvalue weighted by atomic mass is 16.6. The molecule has 21 heavy (non-hydrogen) atoms. The summed E-state index contributed by atoms with van der Waals surface area (Å²) >= 11 is 0. The summed E-state index contributed by atoms with van der Waals surface area (Å²) < 4.78 is 1.80. The first kappa shape index (κ1) is 15.8. The van der Waals surface area contributed by atoms with Gasteiger partial charge in [-0.25, -0.2) is 4.68 Å². The molecule has 1 unspecified atom stereocenters. The number of nitro groups is 1. The summed E-state index contributed by atoms with van der Waals surface area (Å²) in [4.78, 5) is 13.3. The Bertz CT molecular complexity index is 506. The van der Waals surface area contributed by atoms with Crippen molar-refractivity contribution < 1.29 is 4.92 Å². The number of anilines is 1. The van der Waals surface area contributed by atoms with Gasteiger partial charge in [0.1, 0.15) is 5.69 Å². The summed E-state index contributed by atoms with van der Waals surface area (Å²) in [7, 11) is 0. The SMILES string of the molecule is CCN(c1c([N+](=O)[O-])c(C)nn1C(C)C)C1CCCNC1. The minimum absolute atomic E-state index is 0.0954. The summed E-state index contributed by atoms with van der Waals surface area (Å²) in [6, 6.07) is 0.383. The van der Waals surface area contributed by atoms with Crippen molar-refractivity contribution in [2.75, 3.05) is 24.5 Å². The lowest BCUT2D eigenvalue weighted by Crippen LogP contribution is -2.47. The van der Waals surface area contributed by atoms with Gasteiger partial charge < -0.3 is 10.2 Å². The number of aromatic nitrogens is 2. The molecule has 1 aromatic rings. The second-order valence-electron chi connectivity index (χ2n) is 5.84. The lowest BCUT2D eigenvalue weighted by atomic mass is 10.1. The van der Waals surface area contributed by atoms with Crippen LogP contribution in [0.15, 0.2) is 0 Å². The van der Waals surface area contributed by atoms with E-state index in [1.807, 2.05) is 20.8 Å².